The van der Waals surface area contributed by atoms with Crippen molar-refractivity contribution in [2.24, 2.45) is 0 Å². The van der Waals surface area contributed by atoms with Crippen molar-refractivity contribution >= 4 is 0 Å². The molecule has 0 aliphatic heterocycles. The van der Waals surface area contributed by atoms with Gasteiger partial charge in [0, 0.05) is 17.3 Å². The summed E-state index contributed by atoms with van der Waals surface area (Å²) in [7, 11) is 1.43. The Morgan fingerprint density at radius 3 is 2.50 bits per heavy atom. The molecule has 2 aromatic heterocycles. The molecule has 0 aliphatic carbocycles. The molecule has 2 heterocycles. The fraction of sp³-hybridized carbons (Fsp3) is 0.143. The third-order valence-corrected chi connectivity index (χ3v) is 4.70. The third kappa shape index (κ3) is 3.28. The van der Waals surface area contributed by atoms with Gasteiger partial charge in [0.2, 0.25) is 0 Å². The predicted molar refractivity (Wildman–Crippen MR) is 102 cm³/mol. The van der Waals surface area contributed by atoms with Crippen molar-refractivity contribution < 1.29 is 27.5 Å². The fourth-order valence-corrected chi connectivity index (χ4v) is 3.20. The molecule has 4 rings (SSSR count). The number of aromatic nitrogens is 3. The monoisotopic (exact) mass is 415 g/mol. The van der Waals surface area contributed by atoms with Gasteiger partial charge >= 0.3 is 6.18 Å². The topological polar surface area (TPSA) is 73.3 Å². The van der Waals surface area contributed by atoms with Gasteiger partial charge in [-0.15, -0.1) is 0 Å². The molecule has 154 valence electrons. The Hall–Kier alpha value is -3.75. The average Bonchev–Trinajstić information content (AvgIpc) is 3.37. The number of alkyl halides is 3. The summed E-state index contributed by atoms with van der Waals surface area (Å²) in [5.74, 6) is -0.0700. The number of benzene rings is 2. The summed E-state index contributed by atoms with van der Waals surface area (Å²) >= 11 is 0. The van der Waals surface area contributed by atoms with Gasteiger partial charge in [0.25, 0.3) is 0 Å². The second-order valence-electron chi connectivity index (χ2n) is 6.53. The molecule has 0 aliphatic rings. The molecule has 1 N–H and O–H groups in total. The first-order chi connectivity index (χ1) is 14.3. The lowest BCUT2D eigenvalue weighted by Crippen LogP contribution is -2.07. The molecule has 9 heteroatoms. The Balaban J connectivity index is 1.91. The lowest BCUT2D eigenvalue weighted by atomic mass is 9.99. The van der Waals surface area contributed by atoms with Crippen LogP contribution in [0.5, 0.6) is 11.5 Å². The largest absolute Gasteiger partial charge is 0.507 e. The molecule has 0 saturated heterocycles. The van der Waals surface area contributed by atoms with Gasteiger partial charge < -0.3 is 14.4 Å². The van der Waals surface area contributed by atoms with E-state index in [1.54, 1.807) is 31.2 Å². The Morgan fingerprint density at radius 1 is 1.10 bits per heavy atom. The number of aromatic hydroxyl groups is 1. The maximum atomic E-state index is 13.7. The summed E-state index contributed by atoms with van der Waals surface area (Å²) in [4.78, 5) is 0. The van der Waals surface area contributed by atoms with Crippen molar-refractivity contribution in [2.75, 3.05) is 7.11 Å². The van der Waals surface area contributed by atoms with E-state index in [4.69, 9.17) is 9.26 Å². The van der Waals surface area contributed by atoms with Crippen LogP contribution < -0.4 is 4.74 Å². The van der Waals surface area contributed by atoms with Crippen molar-refractivity contribution in [3.63, 3.8) is 0 Å². The highest BCUT2D eigenvalue weighted by atomic mass is 19.4. The van der Waals surface area contributed by atoms with E-state index >= 15 is 0 Å². The summed E-state index contributed by atoms with van der Waals surface area (Å²) in [5.41, 5.74) is -0.235. The molecule has 4 aromatic rings. The van der Waals surface area contributed by atoms with E-state index in [2.05, 4.69) is 10.3 Å². The molecule has 6 nitrogen and oxygen atoms in total. The fourth-order valence-electron chi connectivity index (χ4n) is 3.20. The highest BCUT2D eigenvalue weighted by molar-refractivity contribution is 5.84. The minimum absolute atomic E-state index is 0.0683. The average molecular weight is 415 g/mol. The van der Waals surface area contributed by atoms with Gasteiger partial charge in [0.05, 0.1) is 30.1 Å². The number of rotatable bonds is 4. The van der Waals surface area contributed by atoms with E-state index in [0.29, 0.717) is 17.0 Å². The van der Waals surface area contributed by atoms with Crippen LogP contribution in [-0.4, -0.2) is 27.2 Å². The summed E-state index contributed by atoms with van der Waals surface area (Å²) in [6.07, 6.45) is -2.01. The number of phenols is 1. The number of hydrogen-bond donors (Lipinski definition) is 1. The Kier molecular flexibility index (Phi) is 4.73. The number of halogens is 3. The number of methoxy groups -OCH3 is 1. The van der Waals surface area contributed by atoms with Gasteiger partial charge in [-0.05, 0) is 31.2 Å². The van der Waals surface area contributed by atoms with E-state index in [0.717, 1.165) is 0 Å². The predicted octanol–water partition coefficient (Wildman–Crippen LogP) is 5.24. The van der Waals surface area contributed by atoms with Crippen molar-refractivity contribution in [3.8, 4) is 39.6 Å². The van der Waals surface area contributed by atoms with Crippen LogP contribution in [0, 0.1) is 6.92 Å². The van der Waals surface area contributed by atoms with Crippen molar-refractivity contribution in [3.05, 3.63) is 66.1 Å². The van der Waals surface area contributed by atoms with Gasteiger partial charge in [0.1, 0.15) is 11.5 Å². The second kappa shape index (κ2) is 7.25. The molecule has 2 aromatic carbocycles. The first-order valence-electron chi connectivity index (χ1n) is 8.85. The van der Waals surface area contributed by atoms with Crippen LogP contribution in [0.1, 0.15) is 11.3 Å². The number of para-hydroxylation sites is 1. The number of phenolic OH excluding ortho intramolecular Hbond substituents is 1. The van der Waals surface area contributed by atoms with E-state index in [1.165, 1.54) is 36.3 Å². The van der Waals surface area contributed by atoms with Crippen LogP contribution in [0.4, 0.5) is 13.2 Å². The standard InChI is InChI=1S/C21H16F3N3O3/c1-12-16(29-2)9-8-15(18(12)28)19-17(20(26-30-19)21(22,23)24)13-10-25-27(11-13)14-6-4-3-5-7-14/h3-11,28H,1-2H3. The number of ether oxygens (including phenoxy) is 1. The molecule has 0 amide bonds. The van der Waals surface area contributed by atoms with Crippen molar-refractivity contribution in [1.29, 1.82) is 0 Å². The van der Waals surface area contributed by atoms with E-state index in [1.807, 2.05) is 6.07 Å². The van der Waals surface area contributed by atoms with Gasteiger partial charge in [-0.1, -0.05) is 23.4 Å². The molecule has 30 heavy (non-hydrogen) atoms. The summed E-state index contributed by atoms with van der Waals surface area (Å²) in [6.45, 7) is 1.59. The van der Waals surface area contributed by atoms with Gasteiger partial charge in [0.15, 0.2) is 11.5 Å². The molecule has 0 atom stereocenters. The highest BCUT2D eigenvalue weighted by Crippen LogP contribution is 2.46. The summed E-state index contributed by atoms with van der Waals surface area (Å²) in [5, 5.41) is 18.0. The summed E-state index contributed by atoms with van der Waals surface area (Å²) in [6, 6.07) is 11.9. The molecule has 0 radical (unpaired) electrons. The van der Waals surface area contributed by atoms with Crippen LogP contribution in [-0.2, 0) is 6.18 Å². The SMILES string of the molecule is COc1ccc(-c2onc(C(F)(F)F)c2-c2cnn(-c3ccccc3)c2)c(O)c1C. The van der Waals surface area contributed by atoms with Crippen molar-refractivity contribution in [2.45, 2.75) is 13.1 Å². The quantitative estimate of drug-likeness (QED) is 0.494. The zero-order valence-corrected chi connectivity index (χ0v) is 15.9. The minimum atomic E-state index is -4.76. The molecule has 0 bridgehead atoms. The Labute approximate surface area is 169 Å². The van der Waals surface area contributed by atoms with Gasteiger partial charge in [-0.25, -0.2) is 4.68 Å². The van der Waals surface area contributed by atoms with Gasteiger partial charge in [-0.3, -0.25) is 0 Å². The number of nitrogens with zero attached hydrogens (tertiary/aromatic N) is 3. The first kappa shape index (κ1) is 19.6. The molecule has 0 saturated carbocycles. The van der Waals surface area contributed by atoms with E-state index < -0.39 is 11.9 Å². The summed E-state index contributed by atoms with van der Waals surface area (Å²) < 4.78 is 52.7. The molecular weight excluding hydrogens is 399 g/mol. The van der Waals surface area contributed by atoms with E-state index in [-0.39, 0.29) is 28.2 Å². The zero-order chi connectivity index (χ0) is 21.5. The Morgan fingerprint density at radius 2 is 1.83 bits per heavy atom. The molecule has 0 spiro atoms. The first-order valence-corrected chi connectivity index (χ1v) is 8.85. The normalized spacial score (nSPS) is 11.6. The van der Waals surface area contributed by atoms with Crippen LogP contribution in [0.25, 0.3) is 28.1 Å². The maximum Gasteiger partial charge on any atom is 0.437 e. The van der Waals surface area contributed by atoms with E-state index in [9.17, 15) is 18.3 Å². The maximum absolute atomic E-state index is 13.7. The van der Waals surface area contributed by atoms with Crippen molar-refractivity contribution in [1.82, 2.24) is 14.9 Å². The zero-order valence-electron chi connectivity index (χ0n) is 15.9. The van der Waals surface area contributed by atoms with Crippen LogP contribution in [0.15, 0.2) is 59.4 Å². The number of hydrogen-bond acceptors (Lipinski definition) is 5. The minimum Gasteiger partial charge on any atom is -0.507 e. The lowest BCUT2D eigenvalue weighted by Gasteiger charge is -2.10. The van der Waals surface area contributed by atoms with Crippen LogP contribution in [0.3, 0.4) is 0 Å². The second-order valence-corrected chi connectivity index (χ2v) is 6.53. The van der Waals surface area contributed by atoms with Crippen LogP contribution in [0.2, 0.25) is 0 Å². The van der Waals surface area contributed by atoms with Crippen LogP contribution >= 0.6 is 0 Å². The molecule has 0 fully saturated rings. The molecule has 0 unspecified atom stereocenters. The molecular formula is C21H16F3N3O3. The third-order valence-electron chi connectivity index (χ3n) is 4.70. The smallest absolute Gasteiger partial charge is 0.437 e. The van der Waals surface area contributed by atoms with Gasteiger partial charge in [-0.2, -0.15) is 18.3 Å². The lowest BCUT2D eigenvalue weighted by molar-refractivity contribution is -0.142. The Bertz CT molecular complexity index is 1200. The highest BCUT2D eigenvalue weighted by Gasteiger charge is 2.41.